The van der Waals surface area contributed by atoms with Crippen molar-refractivity contribution in [2.45, 2.75) is 13.0 Å². The number of nitrogens with zero attached hydrogens (tertiary/aromatic N) is 2. The van der Waals surface area contributed by atoms with Crippen LogP contribution in [0.1, 0.15) is 5.56 Å². The first kappa shape index (κ1) is 17.6. The van der Waals surface area contributed by atoms with Gasteiger partial charge in [-0.25, -0.2) is 4.99 Å². The lowest BCUT2D eigenvalue weighted by atomic mass is 10.2. The van der Waals surface area contributed by atoms with E-state index in [1.54, 1.807) is 23.2 Å². The molecule has 1 saturated heterocycles. The molecule has 1 atom stereocenters. The number of benzene rings is 2. The number of aliphatic hydroxyl groups excluding tert-OH is 1. The van der Waals surface area contributed by atoms with E-state index in [4.69, 9.17) is 46.4 Å². The second-order valence-corrected chi connectivity index (χ2v) is 7.07. The van der Waals surface area contributed by atoms with E-state index < -0.39 is 6.10 Å². The van der Waals surface area contributed by atoms with Crippen LogP contribution in [-0.2, 0) is 0 Å². The maximum Gasteiger partial charge on any atom is 0.152 e. The van der Waals surface area contributed by atoms with Gasteiger partial charge in [-0.1, -0.05) is 52.5 Å². The van der Waals surface area contributed by atoms with Gasteiger partial charge in [0.05, 0.1) is 33.0 Å². The topological polar surface area (TPSA) is 47.9 Å². The smallest absolute Gasteiger partial charge is 0.152 e. The van der Waals surface area contributed by atoms with Crippen LogP contribution in [0.25, 0.3) is 0 Å². The second kappa shape index (κ2) is 6.98. The van der Waals surface area contributed by atoms with E-state index in [-0.39, 0.29) is 6.54 Å². The van der Waals surface area contributed by atoms with Gasteiger partial charge in [0, 0.05) is 5.02 Å². The van der Waals surface area contributed by atoms with Crippen LogP contribution in [0.3, 0.4) is 0 Å². The van der Waals surface area contributed by atoms with Gasteiger partial charge in [-0.3, -0.25) is 10.4 Å². The molecule has 2 aromatic carbocycles. The Bertz CT molecular complexity index is 802. The number of hydrazine groups is 1. The molecule has 1 unspecified atom stereocenters. The quantitative estimate of drug-likeness (QED) is 0.738. The first-order valence-electron chi connectivity index (χ1n) is 7.06. The van der Waals surface area contributed by atoms with Gasteiger partial charge < -0.3 is 5.11 Å². The van der Waals surface area contributed by atoms with Gasteiger partial charge in [0.1, 0.15) is 6.10 Å². The summed E-state index contributed by atoms with van der Waals surface area (Å²) in [5.41, 5.74) is 5.14. The highest BCUT2D eigenvalue weighted by Gasteiger charge is 2.30. The molecule has 1 fully saturated rings. The number of β-amino-alcohol motifs (C(OH)–C–C–N with tert-alkyl or cyclic N) is 1. The lowest BCUT2D eigenvalue weighted by Crippen LogP contribution is -2.33. The molecule has 3 rings (SSSR count). The predicted octanol–water partition coefficient (Wildman–Crippen LogP) is 5.02. The SMILES string of the molecule is Cc1ccc(N=C2NN(c3c(Cl)cc(Cl)cc3Cl)CC2O)c(Cl)c1. The first-order valence-corrected chi connectivity index (χ1v) is 8.58. The summed E-state index contributed by atoms with van der Waals surface area (Å²) in [6, 6.07) is 8.68. The van der Waals surface area contributed by atoms with Crippen LogP contribution in [-0.4, -0.2) is 23.6 Å². The minimum absolute atomic E-state index is 0.239. The van der Waals surface area contributed by atoms with Gasteiger partial charge in [0.2, 0.25) is 0 Å². The highest BCUT2D eigenvalue weighted by Crippen LogP contribution is 2.37. The predicted molar refractivity (Wildman–Crippen MR) is 101 cm³/mol. The van der Waals surface area contributed by atoms with Gasteiger partial charge in [-0.2, -0.15) is 0 Å². The van der Waals surface area contributed by atoms with Crippen molar-refractivity contribution in [2.75, 3.05) is 11.6 Å². The van der Waals surface area contributed by atoms with Crippen LogP contribution < -0.4 is 10.4 Å². The van der Waals surface area contributed by atoms with Crippen LogP contribution in [0.4, 0.5) is 11.4 Å². The summed E-state index contributed by atoms with van der Waals surface area (Å²) in [6.07, 6.45) is -0.829. The summed E-state index contributed by atoms with van der Waals surface area (Å²) in [7, 11) is 0. The van der Waals surface area contributed by atoms with Crippen LogP contribution in [0.15, 0.2) is 35.3 Å². The normalized spacial score (nSPS) is 19.0. The number of rotatable bonds is 2. The third kappa shape index (κ3) is 3.58. The van der Waals surface area contributed by atoms with Crippen molar-refractivity contribution in [3.63, 3.8) is 0 Å². The Labute approximate surface area is 159 Å². The molecule has 0 bridgehead atoms. The molecule has 0 aliphatic carbocycles. The van der Waals surface area contributed by atoms with Crippen molar-refractivity contribution in [3.8, 4) is 0 Å². The summed E-state index contributed by atoms with van der Waals surface area (Å²) >= 11 is 24.6. The number of hydrogen-bond donors (Lipinski definition) is 2. The number of hydrogen-bond acceptors (Lipinski definition) is 3. The summed E-state index contributed by atoms with van der Waals surface area (Å²) in [5, 5.41) is 13.6. The zero-order valence-electron chi connectivity index (χ0n) is 12.5. The zero-order valence-corrected chi connectivity index (χ0v) is 15.5. The molecule has 0 amide bonds. The molecule has 0 radical (unpaired) electrons. The maximum atomic E-state index is 10.3. The molecule has 0 spiro atoms. The third-order valence-corrected chi connectivity index (χ3v) is 4.61. The zero-order chi connectivity index (χ0) is 17.4. The molecule has 2 N–H and O–H groups in total. The highest BCUT2D eigenvalue weighted by molar-refractivity contribution is 6.41. The minimum atomic E-state index is -0.829. The summed E-state index contributed by atoms with van der Waals surface area (Å²) < 4.78 is 0. The fraction of sp³-hybridized carbons (Fsp3) is 0.188. The van der Waals surface area contributed by atoms with Gasteiger partial charge in [-0.05, 0) is 36.8 Å². The van der Waals surface area contributed by atoms with E-state index in [2.05, 4.69) is 10.4 Å². The number of aryl methyl sites for hydroxylation is 1. The van der Waals surface area contributed by atoms with Crippen LogP contribution in [0.2, 0.25) is 20.1 Å². The van der Waals surface area contributed by atoms with E-state index in [0.717, 1.165) is 5.56 Å². The summed E-state index contributed by atoms with van der Waals surface area (Å²) in [6.45, 7) is 2.18. The molecular formula is C16H13Cl4N3O. The Morgan fingerprint density at radius 2 is 1.75 bits per heavy atom. The molecule has 0 aromatic heterocycles. The Kier molecular flexibility index (Phi) is 5.13. The average Bonchev–Trinajstić information content (AvgIpc) is 2.81. The molecule has 24 heavy (non-hydrogen) atoms. The Balaban J connectivity index is 1.91. The molecule has 1 aliphatic heterocycles. The van der Waals surface area contributed by atoms with E-state index in [1.165, 1.54) is 0 Å². The molecule has 1 aliphatic rings. The second-order valence-electron chi connectivity index (χ2n) is 5.41. The van der Waals surface area contributed by atoms with Crippen molar-refractivity contribution in [1.29, 1.82) is 0 Å². The number of aliphatic hydroxyl groups is 1. The number of anilines is 1. The van der Waals surface area contributed by atoms with Crippen molar-refractivity contribution in [2.24, 2.45) is 4.99 Å². The highest BCUT2D eigenvalue weighted by atomic mass is 35.5. The Morgan fingerprint density at radius 3 is 2.38 bits per heavy atom. The van der Waals surface area contributed by atoms with Gasteiger partial charge >= 0.3 is 0 Å². The average molecular weight is 405 g/mol. The number of amidine groups is 1. The third-order valence-electron chi connectivity index (χ3n) is 3.52. The molecule has 4 nitrogen and oxygen atoms in total. The fourth-order valence-electron chi connectivity index (χ4n) is 2.39. The Hall–Kier alpha value is -1.17. The monoisotopic (exact) mass is 403 g/mol. The van der Waals surface area contributed by atoms with Crippen LogP contribution >= 0.6 is 46.4 Å². The number of aliphatic imine (C=N–C) groups is 1. The van der Waals surface area contributed by atoms with Crippen molar-refractivity contribution < 1.29 is 5.11 Å². The molecule has 8 heteroatoms. The van der Waals surface area contributed by atoms with Crippen molar-refractivity contribution >= 4 is 63.6 Å². The molecule has 1 heterocycles. The van der Waals surface area contributed by atoms with Gasteiger partial charge in [0.15, 0.2) is 5.84 Å². The molecular weight excluding hydrogens is 392 g/mol. The van der Waals surface area contributed by atoms with Crippen molar-refractivity contribution in [3.05, 3.63) is 56.0 Å². The van der Waals surface area contributed by atoms with E-state index in [1.807, 2.05) is 19.1 Å². The van der Waals surface area contributed by atoms with Crippen molar-refractivity contribution in [1.82, 2.24) is 5.43 Å². The van der Waals surface area contributed by atoms with Crippen LogP contribution in [0, 0.1) is 6.92 Å². The van der Waals surface area contributed by atoms with Gasteiger partial charge in [0.25, 0.3) is 0 Å². The fourth-order valence-corrected chi connectivity index (χ4v) is 3.69. The maximum absolute atomic E-state index is 10.3. The lowest BCUT2D eigenvalue weighted by Gasteiger charge is -2.20. The standard InChI is InChI=1S/C16H13Cl4N3O/c1-8-2-3-13(10(18)4-8)21-16-14(24)7-23(22-16)15-11(19)5-9(17)6-12(15)20/h2-6,14,24H,7H2,1H3,(H,21,22). The largest absolute Gasteiger partial charge is 0.383 e. The summed E-state index contributed by atoms with van der Waals surface area (Å²) in [5.74, 6) is 0.364. The molecule has 126 valence electrons. The molecule has 0 saturated carbocycles. The number of halogens is 4. The van der Waals surface area contributed by atoms with Gasteiger partial charge in [-0.15, -0.1) is 0 Å². The summed E-state index contributed by atoms with van der Waals surface area (Å²) in [4.78, 5) is 4.40. The van der Waals surface area contributed by atoms with E-state index >= 15 is 0 Å². The minimum Gasteiger partial charge on any atom is -0.383 e. The number of nitrogens with one attached hydrogen (secondary N) is 1. The van der Waals surface area contributed by atoms with Crippen LogP contribution in [0.5, 0.6) is 0 Å². The lowest BCUT2D eigenvalue weighted by molar-refractivity contribution is 0.257. The van der Waals surface area contributed by atoms with E-state index in [0.29, 0.717) is 37.3 Å². The first-order chi connectivity index (χ1) is 11.3. The molecule has 2 aromatic rings. The Morgan fingerprint density at radius 1 is 1.08 bits per heavy atom. The van der Waals surface area contributed by atoms with E-state index in [9.17, 15) is 5.11 Å².